The molecule has 0 fully saturated rings. The maximum atomic E-state index is 12.9. The van der Waals surface area contributed by atoms with Gasteiger partial charge in [-0.25, -0.2) is 4.98 Å². The molecular formula is C102H122N16O17S2+2. The monoisotopic (exact) mass is 1910 g/mol. The van der Waals surface area contributed by atoms with Gasteiger partial charge in [0.25, 0.3) is 31.6 Å². The first-order valence-corrected chi connectivity index (χ1v) is 48.7. The first-order valence-electron chi connectivity index (χ1n) is 45.9. The van der Waals surface area contributed by atoms with Crippen LogP contribution in [0.1, 0.15) is 169 Å². The molecule has 7 N–H and O–H groups in total. The van der Waals surface area contributed by atoms with E-state index < -0.39 is 40.9 Å². The Labute approximate surface area is 799 Å². The smallest absolute Gasteiger partial charge is 0.294 e. The Morgan fingerprint density at radius 2 is 0.978 bits per heavy atom. The molecule has 4 aliphatic rings. The van der Waals surface area contributed by atoms with Crippen LogP contribution in [-0.2, 0) is 96.8 Å². The van der Waals surface area contributed by atoms with Crippen LogP contribution in [0.25, 0.3) is 21.6 Å². The number of aromatic nitrogens is 4. The third-order valence-corrected chi connectivity index (χ3v) is 26.6. The summed E-state index contributed by atoms with van der Waals surface area (Å²) in [5.41, 5.74) is 31.8. The van der Waals surface area contributed by atoms with Gasteiger partial charge in [-0.3, -0.25) is 38.9 Å². The van der Waals surface area contributed by atoms with Crippen LogP contribution in [0.5, 0.6) is 5.88 Å². The number of nitrogen functional groups attached to an aromatic ring is 1. The van der Waals surface area contributed by atoms with E-state index in [-0.39, 0.29) is 56.4 Å². The normalized spacial score (nSPS) is 15.6. The van der Waals surface area contributed by atoms with Crippen molar-refractivity contribution in [3.63, 3.8) is 0 Å². The standard InChI is InChI=1S/C56H63N9O9S.C46H57N7O8S/c1-38-15-25-46-44(32-38)55(2,3)49(64(46)28-29-72-30-31-73-35-40-20-22-42(23-21-40)65(67)68)13-9-6-8-12-48-56(4,5)45-33-43(75(69,70)71)24-26-47(45)63(48)27-11-7-10-14-50(66)58-34-39-16-18-41(19-17-39)36-74-53-51-52(60-37-59-51)61-54(57)62-53;1-34-16-22-40-38(31-34)45(2,3)43(52(40)27-28-60-29-30-61-33-35-17-19-36(20-18-35)53(55)56)14-9-6-8-13-42-46(4,5)39-32-37(62(57,58)59)21-23-41(39)51(42)26-11-7-10-15-44(54)48-24-12-25-49-50-47/h6,8-9,12-13,15-26,32-33,37H,7,10-11,14,27-31,34-36H2,1-5H3,(H4-,57,58,59,60,61,62,66,69,70,71);6,8-9,13-14,16-23,31-32H,7,10-12,15,24-30,33H2,1-5H3,(H-,48,54,57,58,59)/p+2. The maximum Gasteiger partial charge on any atom is 0.294 e. The van der Waals surface area contributed by atoms with Crippen molar-refractivity contribution in [2.24, 2.45) is 5.11 Å². The number of nitrogens with one attached hydrogen (secondary N) is 3. The van der Waals surface area contributed by atoms with Gasteiger partial charge in [0.2, 0.25) is 35.0 Å². The highest BCUT2D eigenvalue weighted by Gasteiger charge is 2.47. The molecule has 35 heteroatoms. The van der Waals surface area contributed by atoms with E-state index in [4.69, 9.17) is 34.9 Å². The summed E-state index contributed by atoms with van der Waals surface area (Å²) in [6.07, 6.45) is 27.9. The number of hydrogen-bond donors (Lipinski definition) is 6. The van der Waals surface area contributed by atoms with Crippen LogP contribution in [0.15, 0.2) is 239 Å². The lowest BCUT2D eigenvalue weighted by molar-refractivity contribution is -0.438. The quantitative estimate of drug-likeness (QED) is 0.00237. The molecule has 0 saturated heterocycles. The third-order valence-electron chi connectivity index (χ3n) is 24.9. The molecule has 722 valence electrons. The molecule has 2 aromatic heterocycles. The molecule has 9 aromatic rings. The molecule has 137 heavy (non-hydrogen) atoms. The summed E-state index contributed by atoms with van der Waals surface area (Å²) in [5, 5.41) is 31.3. The number of carbonyl (C=O) groups is 2. The van der Waals surface area contributed by atoms with Crippen molar-refractivity contribution in [1.82, 2.24) is 30.6 Å². The number of allylic oxidation sites excluding steroid dienone is 12. The number of rotatable bonds is 47. The highest BCUT2D eigenvalue weighted by Crippen LogP contribution is 2.50. The van der Waals surface area contributed by atoms with E-state index in [1.54, 1.807) is 48.5 Å². The van der Waals surface area contributed by atoms with Crippen LogP contribution < -0.4 is 30.9 Å². The highest BCUT2D eigenvalue weighted by molar-refractivity contribution is 7.86. The zero-order valence-corrected chi connectivity index (χ0v) is 80.8. The van der Waals surface area contributed by atoms with E-state index in [9.17, 15) is 55.8 Å². The second-order valence-electron chi connectivity index (χ2n) is 36.1. The van der Waals surface area contributed by atoms with Gasteiger partial charge in [-0.2, -0.15) is 36.0 Å². The van der Waals surface area contributed by atoms with E-state index in [1.807, 2.05) is 74.6 Å². The molecule has 13 rings (SSSR count). The van der Waals surface area contributed by atoms with E-state index >= 15 is 0 Å². The van der Waals surface area contributed by atoms with Gasteiger partial charge >= 0.3 is 0 Å². The van der Waals surface area contributed by atoms with Gasteiger partial charge in [-0.15, -0.1) is 0 Å². The van der Waals surface area contributed by atoms with E-state index in [1.165, 1.54) is 65.0 Å². The SMILES string of the molecule is Cc1ccc2c(c1)C(C)(C)C(=CC=CC=CC1=[N+](CCCCCC(=O)NCCCN=[N+]=[N-])c3ccc(S(=O)(=O)O)cc3C1(C)C)N2CCOCCOCc1ccc([N+](=O)[O-])cc1.Cc1ccc2c(c1)C(C)(C)C(=CC=CC=CC1=[N+](CCCCCC(=O)NCc3ccc(COc4nc(N)nc5nc[nH]c45)cc3)c3ccc(S(=O)(=O)O)cc3C1(C)C)N2CCOCCOCc1ccc([N+](=O)[O-])cc1. The van der Waals surface area contributed by atoms with E-state index in [0.717, 1.165) is 105 Å². The molecule has 0 radical (unpaired) electrons. The number of aryl methyl sites for hydroxylation is 2. The Morgan fingerprint density at radius 3 is 1.44 bits per heavy atom. The molecule has 0 aliphatic carbocycles. The van der Waals surface area contributed by atoms with Crippen molar-refractivity contribution in [1.29, 1.82) is 0 Å². The fourth-order valence-electron chi connectivity index (χ4n) is 17.5. The van der Waals surface area contributed by atoms with E-state index in [2.05, 4.69) is 176 Å². The second kappa shape index (κ2) is 46.5. The first-order chi connectivity index (χ1) is 65.4. The Bertz CT molecular complexity index is 6430. The lowest BCUT2D eigenvalue weighted by Crippen LogP contribution is -2.29. The van der Waals surface area contributed by atoms with Gasteiger partial charge in [0.1, 0.15) is 25.2 Å². The van der Waals surface area contributed by atoms with Crippen LogP contribution in [0.4, 0.5) is 40.1 Å². The minimum absolute atomic E-state index is 0.0355. The van der Waals surface area contributed by atoms with Crippen molar-refractivity contribution in [2.45, 2.75) is 185 Å². The lowest BCUT2D eigenvalue weighted by Gasteiger charge is -2.27. The fraction of sp³-hybridized carbons (Fsp3) is 0.382. The average Bonchev–Trinajstić information content (AvgIpc) is 1.60. The van der Waals surface area contributed by atoms with Gasteiger partial charge in [-0.05, 0) is 185 Å². The Hall–Kier alpha value is -13.2. The lowest BCUT2D eigenvalue weighted by atomic mass is 9.81. The van der Waals surface area contributed by atoms with Gasteiger partial charge < -0.3 is 54.8 Å². The summed E-state index contributed by atoms with van der Waals surface area (Å²) < 4.78 is 102. The first kappa shape index (κ1) is 103. The third kappa shape index (κ3) is 26.5. The van der Waals surface area contributed by atoms with Gasteiger partial charge in [0.05, 0.1) is 89.6 Å². The van der Waals surface area contributed by atoms with Gasteiger partial charge in [0, 0.05) is 157 Å². The number of ether oxygens (including phenoxy) is 5. The predicted molar refractivity (Wildman–Crippen MR) is 528 cm³/mol. The number of benzene rings is 7. The zero-order valence-electron chi connectivity index (χ0n) is 79.2. The number of H-pyrrole nitrogens is 1. The van der Waals surface area contributed by atoms with Crippen LogP contribution in [0, 0.1) is 34.1 Å². The molecule has 0 spiro atoms. The fourth-order valence-corrected chi connectivity index (χ4v) is 18.6. The number of fused-ring (bicyclic) bond motifs is 5. The van der Waals surface area contributed by atoms with Crippen LogP contribution in [0.3, 0.4) is 0 Å². The van der Waals surface area contributed by atoms with Crippen LogP contribution >= 0.6 is 0 Å². The molecule has 7 aromatic carbocycles. The number of imidazole rings is 1. The van der Waals surface area contributed by atoms with Crippen molar-refractivity contribution in [2.75, 3.05) is 94.4 Å². The summed E-state index contributed by atoms with van der Waals surface area (Å²) >= 11 is 0. The molecule has 0 bridgehead atoms. The second-order valence-corrected chi connectivity index (χ2v) is 39.0. The van der Waals surface area contributed by atoms with Gasteiger partial charge in [0.15, 0.2) is 17.1 Å². The number of non-ortho nitro benzene ring substituents is 2. The number of nitrogens with zero attached hydrogens (tertiary/aromatic N) is 12. The number of nitro benzene ring substituents is 2. The minimum Gasteiger partial charge on any atom is -0.471 e. The Morgan fingerprint density at radius 1 is 0.533 bits per heavy atom. The summed E-state index contributed by atoms with van der Waals surface area (Å²) in [7, 11) is -8.83. The number of carbonyl (C=O) groups excluding carboxylic acids is 2. The molecule has 0 saturated carbocycles. The highest BCUT2D eigenvalue weighted by atomic mass is 32.2. The Balaban J connectivity index is 0.000000251. The van der Waals surface area contributed by atoms with Crippen molar-refractivity contribution < 1.29 is 78.2 Å². The van der Waals surface area contributed by atoms with Crippen molar-refractivity contribution >= 4 is 94.7 Å². The molecule has 33 nitrogen and oxygen atoms in total. The van der Waals surface area contributed by atoms with Crippen LogP contribution in [0.2, 0.25) is 0 Å². The maximum absolute atomic E-state index is 12.9. The number of amides is 2. The largest absolute Gasteiger partial charge is 0.471 e. The summed E-state index contributed by atoms with van der Waals surface area (Å²) in [4.78, 5) is 68.6. The molecule has 0 unspecified atom stereocenters. The molecule has 4 aliphatic heterocycles. The van der Waals surface area contributed by atoms with Crippen LogP contribution in [-0.4, -0.2) is 167 Å². The van der Waals surface area contributed by atoms with Crippen molar-refractivity contribution in [3.05, 3.63) is 310 Å². The molecule has 0 atom stereocenters. The number of aromatic amines is 1. The molecule has 6 heterocycles. The number of azide groups is 1. The summed E-state index contributed by atoms with van der Waals surface area (Å²) in [6.45, 7) is 28.5. The topological polar surface area (TPSA) is 441 Å². The average molecular weight is 1910 g/mol. The minimum atomic E-state index is -4.43. The number of hydrogen-bond acceptors (Lipinski definition) is 22. The number of nitrogens with two attached hydrogens (primary N) is 1. The van der Waals surface area contributed by atoms with E-state index in [0.29, 0.717) is 148 Å². The molecule has 2 amide bonds. The summed E-state index contributed by atoms with van der Waals surface area (Å²) in [5.74, 6) is 0.326. The predicted octanol–water partition coefficient (Wildman–Crippen LogP) is 18.2. The zero-order chi connectivity index (χ0) is 98.2. The summed E-state index contributed by atoms with van der Waals surface area (Å²) in [6, 6.07) is 43.0. The van der Waals surface area contributed by atoms with Crippen molar-refractivity contribution in [3.8, 4) is 5.88 Å². The molecular weight excluding hydrogens is 1790 g/mol. The van der Waals surface area contributed by atoms with Gasteiger partial charge in [-0.1, -0.05) is 129 Å². The number of anilines is 3. The number of nitro groups is 2. The Kier molecular flexibility index (Phi) is 34.9. The number of unbranched alkanes of at least 4 members (excludes halogenated alkanes) is 4.